The Labute approximate surface area is 136 Å². The van der Waals surface area contributed by atoms with Crippen LogP contribution in [0.1, 0.15) is 22.3 Å². The summed E-state index contributed by atoms with van der Waals surface area (Å²) in [7, 11) is 1.53. The molecule has 0 aromatic heterocycles. The number of oxime groups is 1. The lowest BCUT2D eigenvalue weighted by Gasteiger charge is -2.16. The van der Waals surface area contributed by atoms with E-state index in [4.69, 9.17) is 4.84 Å². The summed E-state index contributed by atoms with van der Waals surface area (Å²) >= 11 is 0. The second kappa shape index (κ2) is 6.65. The lowest BCUT2D eigenvalue weighted by atomic mass is 9.98. The van der Waals surface area contributed by atoms with Gasteiger partial charge in [-0.15, -0.1) is 0 Å². The highest BCUT2D eigenvalue weighted by Gasteiger charge is 2.24. The Bertz CT molecular complexity index is 738. The lowest BCUT2D eigenvalue weighted by molar-refractivity contribution is 0.0798. The topological polar surface area (TPSA) is 41.9 Å². The molecule has 23 heavy (non-hydrogen) atoms. The molecule has 4 nitrogen and oxygen atoms in total. The van der Waals surface area contributed by atoms with Crippen molar-refractivity contribution in [2.75, 3.05) is 20.2 Å². The fourth-order valence-electron chi connectivity index (χ4n) is 2.94. The molecule has 118 valence electrons. The van der Waals surface area contributed by atoms with Crippen LogP contribution >= 0.6 is 0 Å². The van der Waals surface area contributed by atoms with Gasteiger partial charge in [0.1, 0.15) is 7.11 Å². The van der Waals surface area contributed by atoms with Crippen LogP contribution in [0.15, 0.2) is 53.7 Å². The first-order valence-electron chi connectivity index (χ1n) is 7.73. The molecule has 1 amide bonds. The fraction of sp³-hybridized carbons (Fsp3) is 0.263. The summed E-state index contributed by atoms with van der Waals surface area (Å²) in [5.41, 5.74) is 5.07. The summed E-state index contributed by atoms with van der Waals surface area (Å²) in [4.78, 5) is 19.2. The molecule has 2 aromatic rings. The predicted molar refractivity (Wildman–Crippen MR) is 91.6 cm³/mol. The van der Waals surface area contributed by atoms with E-state index in [1.54, 1.807) is 0 Å². The van der Waals surface area contributed by atoms with Crippen LogP contribution in [0.2, 0.25) is 0 Å². The molecule has 1 aliphatic rings. The van der Waals surface area contributed by atoms with E-state index >= 15 is 0 Å². The van der Waals surface area contributed by atoms with Crippen LogP contribution in [0.25, 0.3) is 11.1 Å². The van der Waals surface area contributed by atoms with Gasteiger partial charge < -0.3 is 9.74 Å². The molecule has 0 N–H and O–H groups in total. The van der Waals surface area contributed by atoms with E-state index in [0.717, 1.165) is 28.8 Å². The number of rotatable bonds is 3. The minimum atomic E-state index is 0.0500. The molecule has 0 bridgehead atoms. The van der Waals surface area contributed by atoms with Gasteiger partial charge in [0, 0.05) is 18.5 Å². The maximum Gasteiger partial charge on any atom is 0.254 e. The van der Waals surface area contributed by atoms with Gasteiger partial charge in [-0.25, -0.2) is 0 Å². The van der Waals surface area contributed by atoms with Crippen LogP contribution in [-0.4, -0.2) is 36.7 Å². The number of hydrogen-bond donors (Lipinski definition) is 0. The third-order valence-electron chi connectivity index (χ3n) is 4.11. The summed E-state index contributed by atoms with van der Waals surface area (Å²) in [6, 6.07) is 16.1. The summed E-state index contributed by atoms with van der Waals surface area (Å²) < 4.78 is 0. The number of aryl methyl sites for hydroxylation is 1. The van der Waals surface area contributed by atoms with Crippen molar-refractivity contribution < 1.29 is 9.63 Å². The number of carbonyl (C=O) groups is 1. The van der Waals surface area contributed by atoms with Gasteiger partial charge in [0.25, 0.3) is 5.91 Å². The van der Waals surface area contributed by atoms with Crippen molar-refractivity contribution in [2.45, 2.75) is 13.3 Å². The summed E-state index contributed by atoms with van der Waals surface area (Å²) in [5.74, 6) is 0.0500. The molecule has 1 saturated heterocycles. The van der Waals surface area contributed by atoms with Crippen LogP contribution in [0.3, 0.4) is 0 Å². The van der Waals surface area contributed by atoms with Gasteiger partial charge in [0.05, 0.1) is 12.3 Å². The van der Waals surface area contributed by atoms with Gasteiger partial charge >= 0.3 is 0 Å². The number of likely N-dealkylation sites (tertiary alicyclic amines) is 1. The second-order valence-electron chi connectivity index (χ2n) is 5.71. The maximum atomic E-state index is 12.6. The Hall–Kier alpha value is -2.62. The Balaban J connectivity index is 1.81. The van der Waals surface area contributed by atoms with E-state index in [2.05, 4.69) is 17.3 Å². The van der Waals surface area contributed by atoms with Crippen molar-refractivity contribution in [3.63, 3.8) is 0 Å². The molecule has 0 atom stereocenters. The third kappa shape index (κ3) is 3.26. The maximum absolute atomic E-state index is 12.6. The number of carbonyl (C=O) groups excluding carboxylic acids is 1. The average Bonchev–Trinajstić information content (AvgIpc) is 3.04. The number of amides is 1. The molecule has 1 heterocycles. The number of benzene rings is 2. The first kappa shape index (κ1) is 15.3. The first-order valence-corrected chi connectivity index (χ1v) is 7.73. The Morgan fingerprint density at radius 3 is 2.65 bits per heavy atom. The molecule has 1 fully saturated rings. The lowest BCUT2D eigenvalue weighted by Crippen LogP contribution is -2.28. The van der Waals surface area contributed by atoms with Gasteiger partial charge in [-0.05, 0) is 35.7 Å². The molecule has 0 spiro atoms. The van der Waals surface area contributed by atoms with E-state index in [1.807, 2.05) is 48.2 Å². The quantitative estimate of drug-likeness (QED) is 0.814. The monoisotopic (exact) mass is 308 g/mol. The van der Waals surface area contributed by atoms with Crippen LogP contribution in [0.5, 0.6) is 0 Å². The van der Waals surface area contributed by atoms with Crippen LogP contribution in [0, 0.1) is 6.92 Å². The van der Waals surface area contributed by atoms with Crippen LogP contribution in [0.4, 0.5) is 0 Å². The SMILES string of the molecule is CON=C1CCN(C(=O)c2ccc(-c3ccccc3)c(C)c2)C1. The molecule has 3 rings (SSSR count). The van der Waals surface area contributed by atoms with Crippen molar-refractivity contribution in [1.29, 1.82) is 0 Å². The molecule has 1 aliphatic heterocycles. The van der Waals surface area contributed by atoms with E-state index in [1.165, 1.54) is 12.7 Å². The fourth-order valence-corrected chi connectivity index (χ4v) is 2.94. The van der Waals surface area contributed by atoms with Gasteiger partial charge in [0.2, 0.25) is 0 Å². The van der Waals surface area contributed by atoms with Crippen molar-refractivity contribution in [3.05, 3.63) is 59.7 Å². The summed E-state index contributed by atoms with van der Waals surface area (Å²) in [6.45, 7) is 3.29. The van der Waals surface area contributed by atoms with Gasteiger partial charge in [0.15, 0.2) is 0 Å². The number of nitrogens with zero attached hydrogens (tertiary/aromatic N) is 2. The Kier molecular flexibility index (Phi) is 4.42. The first-order chi connectivity index (χ1) is 11.2. The van der Waals surface area contributed by atoms with Gasteiger partial charge in [-0.2, -0.15) is 0 Å². The van der Waals surface area contributed by atoms with Gasteiger partial charge in [-0.3, -0.25) is 4.79 Å². The highest BCUT2D eigenvalue weighted by atomic mass is 16.6. The number of hydrogen-bond acceptors (Lipinski definition) is 3. The standard InChI is InChI=1S/C19H20N2O2/c1-14-12-16(8-9-18(14)15-6-4-3-5-7-15)19(22)21-11-10-17(13-21)20-23-2/h3-9,12H,10-11,13H2,1-2H3. The average molecular weight is 308 g/mol. The Morgan fingerprint density at radius 2 is 1.96 bits per heavy atom. The molecular weight excluding hydrogens is 288 g/mol. The van der Waals surface area contributed by atoms with Gasteiger partial charge in [-0.1, -0.05) is 41.6 Å². The van der Waals surface area contributed by atoms with E-state index in [0.29, 0.717) is 13.1 Å². The smallest absolute Gasteiger partial charge is 0.254 e. The molecule has 2 aromatic carbocycles. The van der Waals surface area contributed by atoms with E-state index in [-0.39, 0.29) is 5.91 Å². The zero-order valence-electron chi connectivity index (χ0n) is 13.5. The summed E-state index contributed by atoms with van der Waals surface area (Å²) in [5, 5.41) is 3.94. The second-order valence-corrected chi connectivity index (χ2v) is 5.71. The molecule has 0 aliphatic carbocycles. The minimum Gasteiger partial charge on any atom is -0.399 e. The van der Waals surface area contributed by atoms with E-state index < -0.39 is 0 Å². The van der Waals surface area contributed by atoms with Crippen molar-refractivity contribution >= 4 is 11.6 Å². The van der Waals surface area contributed by atoms with Crippen LogP contribution < -0.4 is 0 Å². The molecule has 0 radical (unpaired) electrons. The molecular formula is C19H20N2O2. The zero-order chi connectivity index (χ0) is 16.2. The van der Waals surface area contributed by atoms with Crippen LogP contribution in [-0.2, 0) is 4.84 Å². The zero-order valence-corrected chi connectivity index (χ0v) is 13.5. The molecule has 0 saturated carbocycles. The molecule has 0 unspecified atom stereocenters. The van der Waals surface area contributed by atoms with E-state index in [9.17, 15) is 4.79 Å². The van der Waals surface area contributed by atoms with Crippen molar-refractivity contribution in [2.24, 2.45) is 5.16 Å². The third-order valence-corrected chi connectivity index (χ3v) is 4.11. The van der Waals surface area contributed by atoms with Crippen molar-refractivity contribution in [1.82, 2.24) is 4.90 Å². The Morgan fingerprint density at radius 1 is 1.17 bits per heavy atom. The van der Waals surface area contributed by atoms with Crippen molar-refractivity contribution in [3.8, 4) is 11.1 Å². The normalized spacial score (nSPS) is 15.9. The largest absolute Gasteiger partial charge is 0.399 e. The molecule has 4 heteroatoms. The highest BCUT2D eigenvalue weighted by Crippen LogP contribution is 2.25. The predicted octanol–water partition coefficient (Wildman–Crippen LogP) is 3.51. The summed E-state index contributed by atoms with van der Waals surface area (Å²) in [6.07, 6.45) is 0.778. The minimum absolute atomic E-state index is 0.0500. The highest BCUT2D eigenvalue weighted by molar-refractivity contribution is 6.00.